The Kier molecular flexibility index (Phi) is 4.86. The zero-order chi connectivity index (χ0) is 22.6. The van der Waals surface area contributed by atoms with Crippen LogP contribution in [-0.4, -0.2) is 10.8 Å². The number of carbonyl (C=O) groups is 1. The lowest BCUT2D eigenvalue weighted by Crippen LogP contribution is -2.29. The number of halogens is 2. The highest BCUT2D eigenvalue weighted by Gasteiger charge is 2.42. The van der Waals surface area contributed by atoms with Gasteiger partial charge in [-0.25, -0.2) is 4.39 Å². The third-order valence-corrected chi connectivity index (χ3v) is 6.12. The van der Waals surface area contributed by atoms with Crippen LogP contribution in [0.4, 0.5) is 4.39 Å². The maximum Gasteiger partial charge on any atom is 0.291 e. The first-order valence-electron chi connectivity index (χ1n) is 10.2. The Morgan fingerprint density at radius 2 is 1.69 bits per heavy atom. The average molecular weight is 448 g/mol. The van der Waals surface area contributed by atoms with Crippen molar-refractivity contribution in [2.24, 2.45) is 0 Å². The fraction of sp³-hybridized carbons (Fsp3) is 0.154. The molecule has 4 nitrogen and oxygen atoms in total. The van der Waals surface area contributed by atoms with Crippen LogP contribution < -0.4 is 5.43 Å². The van der Waals surface area contributed by atoms with E-state index in [1.165, 1.54) is 12.1 Å². The standard InChI is InChI=1S/C26H19ClFNO3/c1-14-11-15(2)21-20(12-14)32-25-22(24(21)30)23(17-5-7-18(27)8-6-17)29(26(25)31)13-16-3-9-19(28)10-4-16/h3-12,23H,13H2,1-2H3. The highest BCUT2D eigenvalue weighted by Crippen LogP contribution is 2.39. The molecule has 5 rings (SSSR count). The highest BCUT2D eigenvalue weighted by atomic mass is 35.5. The molecule has 0 saturated heterocycles. The van der Waals surface area contributed by atoms with Crippen LogP contribution >= 0.6 is 11.6 Å². The lowest BCUT2D eigenvalue weighted by Gasteiger charge is -2.25. The second-order valence-corrected chi connectivity index (χ2v) is 8.58. The van der Waals surface area contributed by atoms with Crippen LogP contribution in [0.5, 0.6) is 0 Å². The van der Waals surface area contributed by atoms with Crippen LogP contribution in [0, 0.1) is 19.7 Å². The molecule has 0 fully saturated rings. The maximum atomic E-state index is 13.7. The molecule has 1 amide bonds. The van der Waals surface area contributed by atoms with E-state index in [0.717, 1.165) is 22.3 Å². The number of nitrogens with zero attached hydrogens (tertiary/aromatic N) is 1. The van der Waals surface area contributed by atoms with E-state index in [9.17, 15) is 14.0 Å². The summed E-state index contributed by atoms with van der Waals surface area (Å²) in [6.45, 7) is 3.98. The summed E-state index contributed by atoms with van der Waals surface area (Å²) in [6, 6.07) is 16.1. The van der Waals surface area contributed by atoms with Crippen LogP contribution in [0.2, 0.25) is 5.02 Å². The lowest BCUT2D eigenvalue weighted by molar-refractivity contribution is 0.0714. The van der Waals surface area contributed by atoms with Gasteiger partial charge in [-0.05, 0) is 66.4 Å². The van der Waals surface area contributed by atoms with E-state index in [0.29, 0.717) is 21.6 Å². The van der Waals surface area contributed by atoms with E-state index >= 15 is 0 Å². The smallest absolute Gasteiger partial charge is 0.291 e. The van der Waals surface area contributed by atoms with Crippen molar-refractivity contribution in [1.29, 1.82) is 0 Å². The Morgan fingerprint density at radius 1 is 1.00 bits per heavy atom. The first kappa shape index (κ1) is 20.5. The minimum Gasteiger partial charge on any atom is -0.450 e. The van der Waals surface area contributed by atoms with E-state index < -0.39 is 6.04 Å². The molecule has 1 aliphatic heterocycles. The van der Waals surface area contributed by atoms with Gasteiger partial charge in [0, 0.05) is 11.6 Å². The van der Waals surface area contributed by atoms with E-state index in [1.807, 2.05) is 19.9 Å². The van der Waals surface area contributed by atoms with E-state index in [4.69, 9.17) is 16.0 Å². The normalized spacial score (nSPS) is 15.4. The van der Waals surface area contributed by atoms with Crippen LogP contribution in [0.25, 0.3) is 11.0 Å². The third-order valence-electron chi connectivity index (χ3n) is 5.86. The number of hydrogen-bond donors (Lipinski definition) is 0. The maximum absolute atomic E-state index is 13.7. The molecule has 32 heavy (non-hydrogen) atoms. The molecule has 0 bridgehead atoms. The minimum absolute atomic E-state index is 0.0505. The van der Waals surface area contributed by atoms with Crippen molar-refractivity contribution in [3.05, 3.63) is 115 Å². The number of aryl methyl sites for hydroxylation is 2. The summed E-state index contributed by atoms with van der Waals surface area (Å²) in [5.74, 6) is -0.676. The molecule has 160 valence electrons. The van der Waals surface area contributed by atoms with Crippen LogP contribution in [0.3, 0.4) is 0 Å². The summed E-state index contributed by atoms with van der Waals surface area (Å²) < 4.78 is 19.4. The zero-order valence-corrected chi connectivity index (χ0v) is 18.2. The first-order chi connectivity index (χ1) is 15.3. The number of rotatable bonds is 3. The Labute approximate surface area is 188 Å². The van der Waals surface area contributed by atoms with Gasteiger partial charge in [-0.3, -0.25) is 9.59 Å². The van der Waals surface area contributed by atoms with E-state index in [1.54, 1.807) is 47.4 Å². The summed E-state index contributed by atoms with van der Waals surface area (Å²) in [4.78, 5) is 28.7. The fourth-order valence-corrected chi connectivity index (χ4v) is 4.58. The Balaban J connectivity index is 1.74. The Bertz CT molecular complexity index is 1430. The molecule has 1 aromatic heterocycles. The van der Waals surface area contributed by atoms with Crippen molar-refractivity contribution >= 4 is 28.5 Å². The van der Waals surface area contributed by atoms with E-state index in [2.05, 4.69) is 0 Å². The Morgan fingerprint density at radius 3 is 2.38 bits per heavy atom. The SMILES string of the molecule is Cc1cc(C)c2c(=O)c3c(oc2c1)C(=O)N(Cc1ccc(F)cc1)C3c1ccc(Cl)cc1. The molecule has 1 aliphatic rings. The van der Waals surface area contributed by atoms with Crippen LogP contribution in [0.1, 0.15) is 44.4 Å². The average Bonchev–Trinajstić information content (AvgIpc) is 3.02. The second kappa shape index (κ2) is 7.61. The molecule has 0 saturated carbocycles. The molecule has 0 spiro atoms. The number of carbonyl (C=O) groups excluding carboxylic acids is 1. The van der Waals surface area contributed by atoms with Crippen molar-refractivity contribution in [1.82, 2.24) is 4.90 Å². The molecular formula is C26H19ClFNO3. The minimum atomic E-state index is -0.638. The third kappa shape index (κ3) is 3.30. The molecule has 6 heteroatoms. The fourth-order valence-electron chi connectivity index (χ4n) is 4.45. The summed E-state index contributed by atoms with van der Waals surface area (Å²) >= 11 is 6.08. The van der Waals surface area contributed by atoms with Crippen molar-refractivity contribution in [3.8, 4) is 0 Å². The number of benzene rings is 3. The second-order valence-electron chi connectivity index (χ2n) is 8.14. The molecule has 0 N–H and O–H groups in total. The van der Waals surface area contributed by atoms with Crippen LogP contribution in [0.15, 0.2) is 69.9 Å². The van der Waals surface area contributed by atoms with Gasteiger partial charge in [0.1, 0.15) is 11.4 Å². The lowest BCUT2D eigenvalue weighted by atomic mass is 9.96. The van der Waals surface area contributed by atoms with Gasteiger partial charge in [-0.15, -0.1) is 0 Å². The molecule has 2 heterocycles. The van der Waals surface area contributed by atoms with Gasteiger partial charge < -0.3 is 9.32 Å². The van der Waals surface area contributed by atoms with Crippen molar-refractivity contribution < 1.29 is 13.6 Å². The predicted molar refractivity (Wildman–Crippen MR) is 122 cm³/mol. The molecule has 0 aliphatic carbocycles. The first-order valence-corrected chi connectivity index (χ1v) is 10.6. The molecule has 1 atom stereocenters. The van der Waals surface area contributed by atoms with Gasteiger partial charge in [0.15, 0.2) is 5.43 Å². The summed E-state index contributed by atoms with van der Waals surface area (Å²) in [5, 5.41) is 1.03. The van der Waals surface area contributed by atoms with Crippen molar-refractivity contribution in [3.63, 3.8) is 0 Å². The monoisotopic (exact) mass is 447 g/mol. The van der Waals surface area contributed by atoms with Crippen LogP contribution in [-0.2, 0) is 6.54 Å². The van der Waals surface area contributed by atoms with E-state index in [-0.39, 0.29) is 29.5 Å². The van der Waals surface area contributed by atoms with Crippen molar-refractivity contribution in [2.75, 3.05) is 0 Å². The van der Waals surface area contributed by atoms with Gasteiger partial charge in [0.2, 0.25) is 5.76 Å². The van der Waals surface area contributed by atoms with Crippen molar-refractivity contribution in [2.45, 2.75) is 26.4 Å². The zero-order valence-electron chi connectivity index (χ0n) is 17.5. The number of amides is 1. The van der Waals surface area contributed by atoms with Gasteiger partial charge >= 0.3 is 0 Å². The summed E-state index contributed by atoms with van der Waals surface area (Å²) in [7, 11) is 0. The molecular weight excluding hydrogens is 429 g/mol. The Hall–Kier alpha value is -3.44. The van der Waals surface area contributed by atoms with Gasteiger partial charge in [-0.2, -0.15) is 0 Å². The quantitative estimate of drug-likeness (QED) is 0.390. The number of hydrogen-bond acceptors (Lipinski definition) is 3. The predicted octanol–water partition coefficient (Wildman–Crippen LogP) is 5.95. The topological polar surface area (TPSA) is 50.5 Å². The molecule has 1 unspecified atom stereocenters. The van der Waals surface area contributed by atoms with Gasteiger partial charge in [-0.1, -0.05) is 41.9 Å². The van der Waals surface area contributed by atoms with Gasteiger partial charge in [0.05, 0.1) is 17.0 Å². The summed E-state index contributed by atoms with van der Waals surface area (Å²) in [5.41, 5.74) is 3.75. The largest absolute Gasteiger partial charge is 0.450 e. The molecule has 4 aromatic rings. The highest BCUT2D eigenvalue weighted by molar-refractivity contribution is 6.30. The summed E-state index contributed by atoms with van der Waals surface area (Å²) in [6.07, 6.45) is 0. The van der Waals surface area contributed by atoms with Gasteiger partial charge in [0.25, 0.3) is 5.91 Å². The number of fused-ring (bicyclic) bond motifs is 2. The molecule has 0 radical (unpaired) electrons. The molecule has 3 aromatic carbocycles.